The Morgan fingerprint density at radius 3 is 2.67 bits per heavy atom. The molecular formula is C12H17N7O2. The topological polar surface area (TPSA) is 126 Å². The van der Waals surface area contributed by atoms with Crippen molar-refractivity contribution in [3.63, 3.8) is 0 Å². The molecule has 0 saturated carbocycles. The number of hydrogen-bond acceptors (Lipinski definition) is 8. The average molecular weight is 291 g/mol. The number of aromatic nitrogens is 3. The van der Waals surface area contributed by atoms with Gasteiger partial charge < -0.3 is 16.0 Å². The zero-order valence-corrected chi connectivity index (χ0v) is 11.5. The predicted octanol–water partition coefficient (Wildman–Crippen LogP) is -0.729. The van der Waals surface area contributed by atoms with Crippen LogP contribution in [-0.2, 0) is 9.59 Å². The number of imide groups is 1. The minimum absolute atomic E-state index is 0.113. The van der Waals surface area contributed by atoms with Crippen molar-refractivity contribution in [2.24, 2.45) is 0 Å². The maximum Gasteiger partial charge on any atom is 0.249 e. The van der Waals surface area contributed by atoms with Crippen molar-refractivity contribution in [1.29, 1.82) is 0 Å². The van der Waals surface area contributed by atoms with Crippen LogP contribution in [0, 0.1) is 0 Å². The van der Waals surface area contributed by atoms with Gasteiger partial charge in [-0.1, -0.05) is 0 Å². The third-order valence-corrected chi connectivity index (χ3v) is 3.57. The highest BCUT2D eigenvalue weighted by Gasteiger charge is 2.27. The van der Waals surface area contributed by atoms with Crippen LogP contribution in [0.3, 0.4) is 0 Å². The Kier molecular flexibility index (Phi) is 3.55. The Labute approximate surface area is 121 Å². The largest absolute Gasteiger partial charge is 0.368 e. The number of nitrogens with zero attached hydrogens (tertiary/aromatic N) is 4. The molecular weight excluding hydrogens is 274 g/mol. The van der Waals surface area contributed by atoms with E-state index in [-0.39, 0.29) is 23.7 Å². The van der Waals surface area contributed by atoms with E-state index in [9.17, 15) is 9.59 Å². The van der Waals surface area contributed by atoms with Crippen molar-refractivity contribution in [3.05, 3.63) is 0 Å². The molecule has 1 unspecified atom stereocenters. The molecule has 3 rings (SSSR count). The van der Waals surface area contributed by atoms with Crippen molar-refractivity contribution in [2.45, 2.75) is 31.7 Å². The highest BCUT2D eigenvalue weighted by atomic mass is 16.2. The van der Waals surface area contributed by atoms with E-state index in [0.717, 1.165) is 25.9 Å². The number of nitrogen functional groups attached to an aromatic ring is 1. The lowest BCUT2D eigenvalue weighted by Gasteiger charge is -2.22. The van der Waals surface area contributed by atoms with Crippen LogP contribution in [0.15, 0.2) is 0 Å². The first-order valence-corrected chi connectivity index (χ1v) is 6.98. The zero-order chi connectivity index (χ0) is 14.8. The van der Waals surface area contributed by atoms with E-state index in [1.54, 1.807) is 0 Å². The number of anilines is 3. The van der Waals surface area contributed by atoms with Crippen LogP contribution >= 0.6 is 0 Å². The average Bonchev–Trinajstić information content (AvgIpc) is 2.95. The Hall–Kier alpha value is -2.45. The van der Waals surface area contributed by atoms with Crippen molar-refractivity contribution in [1.82, 2.24) is 20.3 Å². The van der Waals surface area contributed by atoms with Gasteiger partial charge in [0, 0.05) is 19.5 Å². The van der Waals surface area contributed by atoms with Crippen LogP contribution in [0.4, 0.5) is 17.8 Å². The Morgan fingerprint density at radius 1 is 1.19 bits per heavy atom. The molecule has 0 spiro atoms. The Balaban J connectivity index is 1.75. The molecule has 9 heteroatoms. The molecule has 4 N–H and O–H groups in total. The third-order valence-electron chi connectivity index (χ3n) is 3.57. The number of nitrogens with one attached hydrogen (secondary N) is 2. The molecule has 0 radical (unpaired) electrons. The standard InChI is InChI=1S/C12H17N7O2/c13-10-16-11(14-7-3-4-8(20)15-9(7)21)18-12(17-10)19-5-1-2-6-19/h7H,1-6H2,(H,15,20,21)(H3,13,14,16,17,18). The van der Waals surface area contributed by atoms with Crippen LogP contribution in [0.5, 0.6) is 0 Å². The van der Waals surface area contributed by atoms with Gasteiger partial charge in [-0.3, -0.25) is 14.9 Å². The lowest BCUT2D eigenvalue weighted by molar-refractivity contribution is -0.133. The molecule has 2 aliphatic rings. The summed E-state index contributed by atoms with van der Waals surface area (Å²) in [4.78, 5) is 37.3. The van der Waals surface area contributed by atoms with Gasteiger partial charge >= 0.3 is 0 Å². The number of carbonyl (C=O) groups is 2. The summed E-state index contributed by atoms with van der Waals surface area (Å²) in [5.74, 6) is 0.273. The summed E-state index contributed by atoms with van der Waals surface area (Å²) < 4.78 is 0. The fourth-order valence-electron chi connectivity index (χ4n) is 2.49. The molecule has 2 aliphatic heterocycles. The maximum absolute atomic E-state index is 11.7. The summed E-state index contributed by atoms with van der Waals surface area (Å²) in [6, 6.07) is -0.532. The first-order chi connectivity index (χ1) is 10.1. The fourth-order valence-corrected chi connectivity index (χ4v) is 2.49. The molecule has 9 nitrogen and oxygen atoms in total. The lowest BCUT2D eigenvalue weighted by atomic mass is 10.1. The predicted molar refractivity (Wildman–Crippen MR) is 75.5 cm³/mol. The van der Waals surface area contributed by atoms with Crippen LogP contribution in [0.2, 0.25) is 0 Å². The van der Waals surface area contributed by atoms with Crippen molar-refractivity contribution in [2.75, 3.05) is 29.0 Å². The van der Waals surface area contributed by atoms with E-state index in [1.807, 2.05) is 4.90 Å². The SMILES string of the molecule is Nc1nc(NC2CCC(=O)NC2=O)nc(N2CCCC2)n1. The van der Waals surface area contributed by atoms with Crippen LogP contribution in [-0.4, -0.2) is 45.9 Å². The number of nitrogens with two attached hydrogens (primary N) is 1. The summed E-state index contributed by atoms with van der Waals surface area (Å²) in [6.07, 6.45) is 2.90. The van der Waals surface area contributed by atoms with E-state index in [1.165, 1.54) is 0 Å². The summed E-state index contributed by atoms with van der Waals surface area (Å²) in [6.45, 7) is 1.78. The van der Waals surface area contributed by atoms with Crippen LogP contribution in [0.1, 0.15) is 25.7 Å². The molecule has 2 amide bonds. The molecule has 2 fully saturated rings. The lowest BCUT2D eigenvalue weighted by Crippen LogP contribution is -2.47. The second kappa shape index (κ2) is 5.51. The Bertz CT molecular complexity index is 571. The van der Waals surface area contributed by atoms with Crippen molar-refractivity contribution < 1.29 is 9.59 Å². The van der Waals surface area contributed by atoms with E-state index in [0.29, 0.717) is 18.8 Å². The molecule has 3 heterocycles. The van der Waals surface area contributed by atoms with Crippen LogP contribution in [0.25, 0.3) is 0 Å². The van der Waals surface area contributed by atoms with E-state index < -0.39 is 6.04 Å². The zero-order valence-electron chi connectivity index (χ0n) is 11.5. The van der Waals surface area contributed by atoms with E-state index in [4.69, 9.17) is 5.73 Å². The van der Waals surface area contributed by atoms with Gasteiger partial charge in [-0.2, -0.15) is 15.0 Å². The number of carbonyl (C=O) groups excluding carboxylic acids is 2. The van der Waals surface area contributed by atoms with Gasteiger partial charge in [0.2, 0.25) is 29.7 Å². The number of amides is 2. The molecule has 1 aromatic heterocycles. The second-order valence-electron chi connectivity index (χ2n) is 5.16. The maximum atomic E-state index is 11.7. The second-order valence-corrected chi connectivity index (χ2v) is 5.16. The van der Waals surface area contributed by atoms with E-state index >= 15 is 0 Å². The molecule has 21 heavy (non-hydrogen) atoms. The summed E-state index contributed by atoms with van der Waals surface area (Å²) in [7, 11) is 0. The molecule has 0 bridgehead atoms. The molecule has 1 aromatic rings. The number of rotatable bonds is 3. The molecule has 1 atom stereocenters. The van der Waals surface area contributed by atoms with Gasteiger partial charge in [-0.15, -0.1) is 0 Å². The molecule has 0 aliphatic carbocycles. The molecule has 112 valence electrons. The van der Waals surface area contributed by atoms with Gasteiger partial charge in [0.15, 0.2) is 0 Å². The summed E-state index contributed by atoms with van der Waals surface area (Å²) in [5.41, 5.74) is 5.71. The van der Waals surface area contributed by atoms with Crippen molar-refractivity contribution in [3.8, 4) is 0 Å². The van der Waals surface area contributed by atoms with E-state index in [2.05, 4.69) is 25.6 Å². The fraction of sp³-hybridized carbons (Fsp3) is 0.583. The minimum atomic E-state index is -0.532. The minimum Gasteiger partial charge on any atom is -0.368 e. The summed E-state index contributed by atoms with van der Waals surface area (Å²) in [5, 5.41) is 5.20. The van der Waals surface area contributed by atoms with Gasteiger partial charge in [0.05, 0.1) is 0 Å². The van der Waals surface area contributed by atoms with Gasteiger partial charge in [0.25, 0.3) is 0 Å². The molecule has 0 aromatic carbocycles. The first-order valence-electron chi connectivity index (χ1n) is 6.98. The van der Waals surface area contributed by atoms with Gasteiger partial charge in [0.1, 0.15) is 6.04 Å². The normalized spacial score (nSPS) is 22.3. The number of piperidine rings is 1. The first kappa shape index (κ1) is 13.5. The van der Waals surface area contributed by atoms with Gasteiger partial charge in [-0.25, -0.2) is 0 Å². The number of hydrogen-bond donors (Lipinski definition) is 3. The smallest absolute Gasteiger partial charge is 0.249 e. The highest BCUT2D eigenvalue weighted by Crippen LogP contribution is 2.18. The summed E-state index contributed by atoms with van der Waals surface area (Å²) >= 11 is 0. The molecule has 2 saturated heterocycles. The van der Waals surface area contributed by atoms with Crippen molar-refractivity contribution >= 4 is 29.7 Å². The quantitative estimate of drug-likeness (QED) is 0.622. The van der Waals surface area contributed by atoms with Crippen LogP contribution < -0.4 is 21.3 Å². The third kappa shape index (κ3) is 3.01. The van der Waals surface area contributed by atoms with Gasteiger partial charge in [-0.05, 0) is 19.3 Å². The Morgan fingerprint density at radius 2 is 1.95 bits per heavy atom. The monoisotopic (exact) mass is 291 g/mol. The highest BCUT2D eigenvalue weighted by molar-refractivity contribution is 6.01.